The molecule has 1 aromatic heterocycles. The van der Waals surface area contributed by atoms with Gasteiger partial charge in [-0.05, 0) is 66.5 Å². The molecule has 0 saturated heterocycles. The normalized spacial score (nSPS) is 16.4. The van der Waals surface area contributed by atoms with Gasteiger partial charge in [-0.1, -0.05) is 66.7 Å². The Morgan fingerprint density at radius 3 is 2.33 bits per heavy atom. The smallest absolute Gasteiger partial charge is 0.0485 e. The molecule has 0 saturated carbocycles. The highest BCUT2D eigenvalue weighted by Crippen LogP contribution is 2.39. The minimum Gasteiger partial charge on any atom is -0.345 e. The Labute approximate surface area is 161 Å². The fraction of sp³-hybridized carbons (Fsp3) is 0.231. The molecule has 0 bridgehead atoms. The molecular formula is C26H25N. The predicted molar refractivity (Wildman–Crippen MR) is 114 cm³/mol. The second-order valence-electron chi connectivity index (χ2n) is 7.62. The van der Waals surface area contributed by atoms with Gasteiger partial charge in [0.25, 0.3) is 0 Å². The molecule has 0 radical (unpaired) electrons. The number of benzene rings is 3. The van der Waals surface area contributed by atoms with Gasteiger partial charge in [-0.2, -0.15) is 0 Å². The van der Waals surface area contributed by atoms with Crippen LogP contribution in [0.3, 0.4) is 0 Å². The third-order valence-electron chi connectivity index (χ3n) is 6.16. The van der Waals surface area contributed by atoms with Crippen LogP contribution >= 0.6 is 0 Å². The van der Waals surface area contributed by atoms with E-state index in [4.69, 9.17) is 0 Å². The molecule has 0 aliphatic heterocycles. The fourth-order valence-electron chi connectivity index (χ4n) is 4.83. The van der Waals surface area contributed by atoms with E-state index in [0.29, 0.717) is 5.92 Å². The van der Waals surface area contributed by atoms with E-state index >= 15 is 0 Å². The molecule has 1 heterocycles. The summed E-state index contributed by atoms with van der Waals surface area (Å²) < 4.78 is 2.54. The Kier molecular flexibility index (Phi) is 4.09. The zero-order valence-electron chi connectivity index (χ0n) is 15.9. The molecule has 3 aromatic carbocycles. The number of nitrogens with zero attached hydrogens (tertiary/aromatic N) is 1. The number of hydrogen-bond donors (Lipinski definition) is 0. The predicted octanol–water partition coefficient (Wildman–Crippen LogP) is 6.60. The lowest BCUT2D eigenvalue weighted by Gasteiger charge is -2.24. The van der Waals surface area contributed by atoms with Crippen molar-refractivity contribution in [3.8, 4) is 11.1 Å². The van der Waals surface area contributed by atoms with E-state index in [-0.39, 0.29) is 0 Å². The van der Waals surface area contributed by atoms with Crippen molar-refractivity contribution in [1.82, 2.24) is 4.57 Å². The number of aromatic nitrogens is 1. The third kappa shape index (κ3) is 2.78. The highest BCUT2D eigenvalue weighted by molar-refractivity contribution is 5.90. The number of fused-ring (bicyclic) bond motifs is 3. The fourth-order valence-corrected chi connectivity index (χ4v) is 4.83. The van der Waals surface area contributed by atoms with Crippen LogP contribution in [0.4, 0.5) is 0 Å². The minimum absolute atomic E-state index is 0.634. The Morgan fingerprint density at radius 1 is 0.852 bits per heavy atom. The van der Waals surface area contributed by atoms with Gasteiger partial charge in [0, 0.05) is 23.1 Å². The van der Waals surface area contributed by atoms with Gasteiger partial charge in [0.2, 0.25) is 0 Å². The average molecular weight is 351 g/mol. The van der Waals surface area contributed by atoms with Crippen molar-refractivity contribution < 1.29 is 0 Å². The zero-order valence-corrected chi connectivity index (χ0v) is 15.9. The maximum Gasteiger partial charge on any atom is 0.0485 e. The van der Waals surface area contributed by atoms with Crippen molar-refractivity contribution in [2.45, 2.75) is 38.6 Å². The standard InChI is InChI=1S/C26H25N/c1-2-27-25-15-13-21(19-9-5-3-6-10-19)17-23(25)24-18-22(14-16-26(24)27)20-11-7-4-8-12-20/h3-13,15,17,22H,2,14,16,18H2,1H3. The molecule has 1 heteroatoms. The summed E-state index contributed by atoms with van der Waals surface area (Å²) in [7, 11) is 0. The first-order chi connectivity index (χ1) is 13.3. The van der Waals surface area contributed by atoms with Gasteiger partial charge in [-0.15, -0.1) is 0 Å². The van der Waals surface area contributed by atoms with Crippen LogP contribution in [-0.2, 0) is 19.4 Å². The van der Waals surface area contributed by atoms with Crippen LogP contribution in [-0.4, -0.2) is 4.57 Å². The van der Waals surface area contributed by atoms with E-state index in [1.54, 1.807) is 11.3 Å². The SMILES string of the molecule is CCn1c2c(c3cc(-c4ccccc4)ccc31)CC(c1ccccc1)CC2. The van der Waals surface area contributed by atoms with Crippen molar-refractivity contribution in [1.29, 1.82) is 0 Å². The van der Waals surface area contributed by atoms with Crippen molar-refractivity contribution in [3.05, 3.63) is 95.7 Å². The number of hydrogen-bond acceptors (Lipinski definition) is 0. The first-order valence-corrected chi connectivity index (χ1v) is 10.1. The van der Waals surface area contributed by atoms with Gasteiger partial charge in [0.1, 0.15) is 0 Å². The second-order valence-corrected chi connectivity index (χ2v) is 7.62. The molecule has 4 aromatic rings. The first-order valence-electron chi connectivity index (χ1n) is 10.1. The van der Waals surface area contributed by atoms with E-state index in [2.05, 4.69) is 90.4 Å². The van der Waals surface area contributed by atoms with Gasteiger partial charge < -0.3 is 4.57 Å². The Morgan fingerprint density at radius 2 is 1.59 bits per heavy atom. The summed E-state index contributed by atoms with van der Waals surface area (Å²) in [5.74, 6) is 0.634. The molecule has 0 spiro atoms. The molecule has 1 unspecified atom stereocenters. The highest BCUT2D eigenvalue weighted by Gasteiger charge is 2.26. The molecule has 1 aliphatic carbocycles. The van der Waals surface area contributed by atoms with E-state index < -0.39 is 0 Å². The summed E-state index contributed by atoms with van der Waals surface area (Å²) in [4.78, 5) is 0. The van der Waals surface area contributed by atoms with Crippen LogP contribution in [0, 0.1) is 0 Å². The molecular weight excluding hydrogens is 326 g/mol. The first kappa shape index (κ1) is 16.4. The summed E-state index contributed by atoms with van der Waals surface area (Å²) in [5, 5.41) is 1.45. The van der Waals surface area contributed by atoms with E-state index in [1.165, 1.54) is 40.4 Å². The second kappa shape index (κ2) is 6.74. The summed E-state index contributed by atoms with van der Waals surface area (Å²) >= 11 is 0. The van der Waals surface area contributed by atoms with Crippen molar-refractivity contribution in [2.24, 2.45) is 0 Å². The average Bonchev–Trinajstić information content (AvgIpc) is 3.07. The van der Waals surface area contributed by atoms with Crippen molar-refractivity contribution in [3.63, 3.8) is 0 Å². The topological polar surface area (TPSA) is 4.93 Å². The lowest BCUT2D eigenvalue weighted by Crippen LogP contribution is -2.14. The third-order valence-corrected chi connectivity index (χ3v) is 6.16. The molecule has 134 valence electrons. The van der Waals surface area contributed by atoms with Crippen molar-refractivity contribution >= 4 is 10.9 Å². The van der Waals surface area contributed by atoms with Crippen LogP contribution in [0.15, 0.2) is 78.9 Å². The summed E-state index contributed by atoms with van der Waals surface area (Å²) in [5.41, 5.74) is 8.64. The molecule has 5 rings (SSSR count). The number of rotatable bonds is 3. The van der Waals surface area contributed by atoms with Crippen LogP contribution in [0.5, 0.6) is 0 Å². The zero-order chi connectivity index (χ0) is 18.2. The Balaban J connectivity index is 1.64. The van der Waals surface area contributed by atoms with E-state index in [1.807, 2.05) is 0 Å². The maximum absolute atomic E-state index is 2.54. The molecule has 27 heavy (non-hydrogen) atoms. The van der Waals surface area contributed by atoms with Crippen molar-refractivity contribution in [2.75, 3.05) is 0 Å². The minimum atomic E-state index is 0.634. The van der Waals surface area contributed by atoms with Crippen LogP contribution in [0.1, 0.15) is 36.1 Å². The van der Waals surface area contributed by atoms with E-state index in [0.717, 1.165) is 13.0 Å². The lowest BCUT2D eigenvalue weighted by molar-refractivity contribution is 0.559. The summed E-state index contributed by atoms with van der Waals surface area (Å²) in [6.07, 6.45) is 3.58. The lowest BCUT2D eigenvalue weighted by atomic mass is 9.82. The monoisotopic (exact) mass is 351 g/mol. The van der Waals surface area contributed by atoms with Gasteiger partial charge in [0.05, 0.1) is 0 Å². The van der Waals surface area contributed by atoms with Gasteiger partial charge in [-0.25, -0.2) is 0 Å². The van der Waals surface area contributed by atoms with Gasteiger partial charge in [-0.3, -0.25) is 0 Å². The van der Waals surface area contributed by atoms with Gasteiger partial charge >= 0.3 is 0 Å². The Bertz CT molecular complexity index is 1070. The molecule has 1 aliphatic rings. The van der Waals surface area contributed by atoms with Crippen LogP contribution < -0.4 is 0 Å². The quantitative estimate of drug-likeness (QED) is 0.392. The van der Waals surface area contributed by atoms with Crippen LogP contribution in [0.2, 0.25) is 0 Å². The molecule has 1 nitrogen and oxygen atoms in total. The van der Waals surface area contributed by atoms with Gasteiger partial charge in [0.15, 0.2) is 0 Å². The summed E-state index contributed by atoms with van der Waals surface area (Å²) in [6, 6.07) is 28.8. The molecule has 0 N–H and O–H groups in total. The summed E-state index contributed by atoms with van der Waals surface area (Å²) in [6.45, 7) is 3.32. The maximum atomic E-state index is 2.54. The number of aryl methyl sites for hydroxylation is 1. The van der Waals surface area contributed by atoms with E-state index in [9.17, 15) is 0 Å². The molecule has 0 amide bonds. The Hall–Kier alpha value is -2.80. The molecule has 0 fully saturated rings. The largest absolute Gasteiger partial charge is 0.345 e. The van der Waals surface area contributed by atoms with Crippen LogP contribution in [0.25, 0.3) is 22.0 Å². The molecule has 1 atom stereocenters. The highest BCUT2D eigenvalue weighted by atomic mass is 15.0.